The van der Waals surface area contributed by atoms with Gasteiger partial charge < -0.3 is 0 Å². The van der Waals surface area contributed by atoms with Crippen molar-refractivity contribution in [2.24, 2.45) is 0 Å². The van der Waals surface area contributed by atoms with Crippen LogP contribution in [-0.4, -0.2) is 39.1 Å². The van der Waals surface area contributed by atoms with E-state index in [4.69, 9.17) is 0 Å². The Kier molecular flexibility index (Phi) is 3.48. The third-order valence-electron chi connectivity index (χ3n) is 2.52. The maximum Gasteiger partial charge on any atom is 0.445 e. The first kappa shape index (κ1) is 17.5. The Labute approximate surface area is 108 Å². The minimum absolute atomic E-state index is 0.169. The van der Waals surface area contributed by atoms with Crippen LogP contribution in [0.5, 0.6) is 0 Å². The lowest BCUT2D eigenvalue weighted by molar-refractivity contribution is -0.317. The van der Waals surface area contributed by atoms with Gasteiger partial charge in [-0.25, -0.2) is 8.37 Å². The van der Waals surface area contributed by atoms with E-state index in [1.54, 1.807) is 0 Å². The molecule has 0 saturated carbocycles. The Balaban J connectivity index is 3.65. The van der Waals surface area contributed by atoms with Gasteiger partial charge in [0.1, 0.15) is 0 Å². The largest absolute Gasteiger partial charge is 0.445 e. The number of alkyl halides is 6. The molecular weight excluding hydrogens is 346 g/mol. The van der Waals surface area contributed by atoms with Gasteiger partial charge in [-0.15, -0.1) is 0 Å². The van der Waals surface area contributed by atoms with Crippen LogP contribution in [0, 0.1) is 0 Å². The highest BCUT2D eigenvalue weighted by atomic mass is 32.3. The van der Waals surface area contributed by atoms with Gasteiger partial charge in [0.25, 0.3) is 5.79 Å². The number of hydrogen-bond acceptors (Lipinski definition) is 6. The van der Waals surface area contributed by atoms with Crippen molar-refractivity contribution in [3.63, 3.8) is 0 Å². The van der Waals surface area contributed by atoms with Gasteiger partial charge in [0.2, 0.25) is 0 Å². The highest BCUT2D eigenvalue weighted by Gasteiger charge is 2.79. The van der Waals surface area contributed by atoms with E-state index < -0.39 is 42.5 Å². The maximum absolute atomic E-state index is 12.7. The fraction of sp³-hybridized carbons (Fsp3) is 1.00. The van der Waals surface area contributed by atoms with Crippen LogP contribution >= 0.6 is 0 Å². The first-order chi connectivity index (χ1) is 8.41. The summed E-state index contributed by atoms with van der Waals surface area (Å²) in [4.78, 5) is 0. The summed E-state index contributed by atoms with van der Waals surface area (Å²) in [6, 6.07) is 0. The van der Waals surface area contributed by atoms with Gasteiger partial charge in [0.15, 0.2) is 0 Å². The zero-order chi connectivity index (χ0) is 16.4. The van der Waals surface area contributed by atoms with E-state index in [1.807, 2.05) is 0 Å². The lowest BCUT2D eigenvalue weighted by atomic mass is 10.3. The van der Waals surface area contributed by atoms with Crippen LogP contribution in [0.2, 0.25) is 0 Å². The Morgan fingerprint density at radius 1 is 0.750 bits per heavy atom. The summed E-state index contributed by atoms with van der Waals surface area (Å²) >= 11 is 0. The molecule has 0 N–H and O–H groups in total. The standard InChI is InChI=1S/C6H6F6O6S2/c1-3(5(7,8)9)17-19(13,14)4(2,6(10,11)12)20(15,16)18-3/h1-2H3. The first-order valence-corrected chi connectivity index (χ1v) is 7.27. The predicted octanol–water partition coefficient (Wildman–Crippen LogP) is 1.25. The molecule has 1 aliphatic rings. The first-order valence-electron chi connectivity index (χ1n) is 4.45. The Morgan fingerprint density at radius 3 is 1.25 bits per heavy atom. The molecule has 0 amide bonds. The Morgan fingerprint density at radius 2 is 1.05 bits per heavy atom. The summed E-state index contributed by atoms with van der Waals surface area (Å²) in [5.41, 5.74) is 0. The van der Waals surface area contributed by atoms with Crippen molar-refractivity contribution in [3.8, 4) is 0 Å². The maximum atomic E-state index is 12.7. The molecule has 0 radical (unpaired) electrons. The van der Waals surface area contributed by atoms with Gasteiger partial charge in [0, 0.05) is 6.92 Å². The lowest BCUT2D eigenvalue weighted by Crippen LogP contribution is -2.66. The second-order valence-electron chi connectivity index (χ2n) is 3.96. The van der Waals surface area contributed by atoms with E-state index in [9.17, 15) is 43.2 Å². The number of rotatable bonds is 0. The Hall–Kier alpha value is -0.600. The molecule has 120 valence electrons. The van der Waals surface area contributed by atoms with Crippen molar-refractivity contribution in [1.82, 2.24) is 0 Å². The summed E-state index contributed by atoms with van der Waals surface area (Å²) in [5, 5.41) is 0. The average molecular weight is 352 g/mol. The number of halogens is 6. The molecule has 14 heteroatoms. The quantitative estimate of drug-likeness (QED) is 0.482. The normalized spacial score (nSPS) is 37.6. The van der Waals surface area contributed by atoms with E-state index in [1.165, 1.54) is 0 Å². The van der Waals surface area contributed by atoms with Gasteiger partial charge in [-0.1, -0.05) is 0 Å². The highest BCUT2D eigenvalue weighted by Crippen LogP contribution is 2.51. The van der Waals surface area contributed by atoms with Crippen LogP contribution < -0.4 is 0 Å². The zero-order valence-electron chi connectivity index (χ0n) is 9.53. The monoisotopic (exact) mass is 352 g/mol. The molecule has 20 heavy (non-hydrogen) atoms. The van der Waals surface area contributed by atoms with Crippen LogP contribution in [0.3, 0.4) is 0 Å². The van der Waals surface area contributed by atoms with Crippen molar-refractivity contribution in [2.45, 2.75) is 36.1 Å². The fourth-order valence-corrected chi connectivity index (χ4v) is 4.32. The topological polar surface area (TPSA) is 86.7 Å². The van der Waals surface area contributed by atoms with Crippen LogP contribution in [-0.2, 0) is 28.6 Å². The van der Waals surface area contributed by atoms with Crippen molar-refractivity contribution < 1.29 is 51.5 Å². The van der Waals surface area contributed by atoms with Crippen molar-refractivity contribution in [3.05, 3.63) is 0 Å². The van der Waals surface area contributed by atoms with E-state index in [-0.39, 0.29) is 13.8 Å². The molecule has 0 aromatic heterocycles. The van der Waals surface area contributed by atoms with E-state index >= 15 is 0 Å². The van der Waals surface area contributed by atoms with Gasteiger partial charge in [-0.2, -0.15) is 43.2 Å². The molecule has 0 unspecified atom stereocenters. The molecule has 6 nitrogen and oxygen atoms in total. The molecule has 0 aromatic rings. The molecule has 1 saturated heterocycles. The molecule has 1 heterocycles. The summed E-state index contributed by atoms with van der Waals surface area (Å²) < 4.78 is 123. The second-order valence-corrected chi connectivity index (χ2v) is 8.00. The molecule has 1 fully saturated rings. The second kappa shape index (κ2) is 3.98. The third-order valence-corrected chi connectivity index (χ3v) is 7.19. The van der Waals surface area contributed by atoms with Crippen molar-refractivity contribution >= 4 is 20.2 Å². The molecule has 0 bridgehead atoms. The molecule has 1 aliphatic heterocycles. The van der Waals surface area contributed by atoms with Gasteiger partial charge in [0.05, 0.1) is 0 Å². The SMILES string of the molecule is CC1(C(F)(F)F)OS(=O)(=O)C(C)(C(F)(F)F)S(=O)(=O)O1. The molecule has 0 aliphatic carbocycles. The summed E-state index contributed by atoms with van der Waals surface area (Å²) in [5.74, 6) is -4.27. The van der Waals surface area contributed by atoms with E-state index in [2.05, 4.69) is 8.37 Å². The smallest absolute Gasteiger partial charge is 0.223 e. The van der Waals surface area contributed by atoms with E-state index in [0.717, 1.165) is 0 Å². The Bertz CT molecular complexity index is 577. The molecule has 0 aromatic carbocycles. The third kappa shape index (κ3) is 2.08. The number of hydrogen-bond donors (Lipinski definition) is 0. The summed E-state index contributed by atoms with van der Waals surface area (Å²) in [6.45, 7) is -0.536. The van der Waals surface area contributed by atoms with Crippen LogP contribution in [0.1, 0.15) is 13.8 Å². The average Bonchev–Trinajstić information content (AvgIpc) is 2.08. The van der Waals surface area contributed by atoms with Crippen molar-refractivity contribution in [1.29, 1.82) is 0 Å². The van der Waals surface area contributed by atoms with Crippen LogP contribution in [0.15, 0.2) is 0 Å². The molecule has 0 atom stereocenters. The molecular formula is C6H6F6O6S2. The fourth-order valence-electron chi connectivity index (χ4n) is 1.09. The highest BCUT2D eigenvalue weighted by molar-refractivity contribution is 8.06. The predicted molar refractivity (Wildman–Crippen MR) is 48.9 cm³/mol. The molecule has 0 spiro atoms. The van der Waals surface area contributed by atoms with Crippen LogP contribution in [0.4, 0.5) is 26.3 Å². The van der Waals surface area contributed by atoms with E-state index in [0.29, 0.717) is 0 Å². The summed E-state index contributed by atoms with van der Waals surface area (Å²) in [7, 11) is -12.5. The van der Waals surface area contributed by atoms with Crippen LogP contribution in [0.25, 0.3) is 0 Å². The minimum atomic E-state index is -6.24. The lowest BCUT2D eigenvalue weighted by Gasteiger charge is -2.41. The zero-order valence-corrected chi connectivity index (χ0v) is 11.2. The summed E-state index contributed by atoms with van der Waals surface area (Å²) in [6.07, 6.45) is -11.7. The van der Waals surface area contributed by atoms with Gasteiger partial charge in [-0.3, -0.25) is 0 Å². The molecule has 1 rings (SSSR count). The van der Waals surface area contributed by atoms with Gasteiger partial charge >= 0.3 is 36.7 Å². The minimum Gasteiger partial charge on any atom is -0.223 e. The van der Waals surface area contributed by atoms with Crippen molar-refractivity contribution in [2.75, 3.05) is 0 Å². The van der Waals surface area contributed by atoms with Gasteiger partial charge in [-0.05, 0) is 6.92 Å².